The number of hydrogen-bond acceptors (Lipinski definition) is 7. The fourth-order valence-electron chi connectivity index (χ4n) is 7.71. The van der Waals surface area contributed by atoms with Crippen molar-refractivity contribution in [3.05, 3.63) is 222 Å². The molecule has 0 bridgehead atoms. The van der Waals surface area contributed by atoms with Crippen LogP contribution in [-0.2, 0) is 0 Å². The largest absolute Gasteiger partial charge is 0.255 e. The molecule has 0 spiro atoms. The van der Waals surface area contributed by atoms with E-state index in [0.717, 1.165) is 100 Å². The predicted molar refractivity (Wildman–Crippen MR) is 254 cm³/mol. The Bertz CT molecular complexity index is 3630. The Labute approximate surface area is 369 Å². The molecule has 7 heterocycles. The highest BCUT2D eigenvalue weighted by Gasteiger charge is 2.13. The molecule has 7 aromatic heterocycles. The van der Waals surface area contributed by atoms with Crippen molar-refractivity contribution in [3.8, 4) is 81.1 Å². The van der Waals surface area contributed by atoms with Crippen LogP contribution in [0.15, 0.2) is 189 Å². The van der Waals surface area contributed by atoms with Crippen LogP contribution in [-0.4, -0.2) is 34.9 Å². The molecular weight excluding hydrogens is 783 g/mol. The number of pyridine rings is 7. The van der Waals surface area contributed by atoms with Crippen LogP contribution in [0.1, 0.15) is 33.4 Å². The Kier molecular flexibility index (Phi) is 9.76. The SMILES string of the molecule is C(#Cc1ccc(-c2ccc(C#Cc3ccc4ccc5c(C#Cc6cc(-c7ccccn7)nc(-c7ccccn7)c6)ccc6ccc3c4c65)cn2)nc1)c1ccc(-c2ccccn2)nc1. The third-order valence-corrected chi connectivity index (χ3v) is 10.9. The maximum absolute atomic E-state index is 4.90. The van der Waals surface area contributed by atoms with Gasteiger partial charge in [-0.15, -0.1) is 0 Å². The first-order valence-electron chi connectivity index (χ1n) is 20.6. The van der Waals surface area contributed by atoms with Crippen LogP contribution < -0.4 is 0 Å². The van der Waals surface area contributed by atoms with Gasteiger partial charge in [0.05, 0.1) is 45.6 Å². The molecule has 11 aromatic rings. The van der Waals surface area contributed by atoms with Crippen LogP contribution >= 0.6 is 0 Å². The van der Waals surface area contributed by atoms with Crippen molar-refractivity contribution in [1.82, 2.24) is 34.9 Å². The van der Waals surface area contributed by atoms with Crippen molar-refractivity contribution in [2.45, 2.75) is 0 Å². The van der Waals surface area contributed by atoms with E-state index >= 15 is 0 Å². The van der Waals surface area contributed by atoms with E-state index < -0.39 is 0 Å². The van der Waals surface area contributed by atoms with E-state index in [4.69, 9.17) is 9.97 Å². The third-order valence-electron chi connectivity index (χ3n) is 10.9. The Balaban J connectivity index is 0.851. The van der Waals surface area contributed by atoms with Gasteiger partial charge in [0, 0.05) is 70.6 Å². The summed E-state index contributed by atoms with van der Waals surface area (Å²) < 4.78 is 0. The van der Waals surface area contributed by atoms with E-state index in [1.807, 2.05) is 103 Å². The smallest absolute Gasteiger partial charge is 0.0906 e. The highest BCUT2D eigenvalue weighted by molar-refractivity contribution is 6.24. The summed E-state index contributed by atoms with van der Waals surface area (Å²) in [5.74, 6) is 20.1. The lowest BCUT2D eigenvalue weighted by atomic mass is 9.90. The van der Waals surface area contributed by atoms with E-state index in [-0.39, 0.29) is 0 Å². The molecule has 294 valence electrons. The molecule has 0 aliphatic rings. The fraction of sp³-hybridized carbons (Fsp3) is 0. The number of rotatable bonds is 4. The highest BCUT2D eigenvalue weighted by atomic mass is 14.8. The van der Waals surface area contributed by atoms with Crippen LogP contribution in [0.3, 0.4) is 0 Å². The van der Waals surface area contributed by atoms with Gasteiger partial charge in [0.1, 0.15) is 0 Å². The molecule has 0 unspecified atom stereocenters. The number of nitrogens with zero attached hydrogens (tertiary/aromatic N) is 7. The summed E-state index contributed by atoms with van der Waals surface area (Å²) in [6.45, 7) is 0. The molecule has 0 amide bonds. The van der Waals surface area contributed by atoms with Crippen molar-refractivity contribution in [3.63, 3.8) is 0 Å². The van der Waals surface area contributed by atoms with Crippen molar-refractivity contribution < 1.29 is 0 Å². The summed E-state index contributed by atoms with van der Waals surface area (Å²) >= 11 is 0. The maximum Gasteiger partial charge on any atom is 0.0906 e. The second-order valence-electron chi connectivity index (χ2n) is 15.0. The molecule has 0 fully saturated rings. The van der Waals surface area contributed by atoms with Gasteiger partial charge < -0.3 is 0 Å². The van der Waals surface area contributed by atoms with Crippen molar-refractivity contribution in [2.24, 2.45) is 0 Å². The van der Waals surface area contributed by atoms with Gasteiger partial charge >= 0.3 is 0 Å². The van der Waals surface area contributed by atoms with Crippen molar-refractivity contribution >= 4 is 32.3 Å². The summed E-state index contributed by atoms with van der Waals surface area (Å²) in [4.78, 5) is 32.2. The maximum atomic E-state index is 4.90. The van der Waals surface area contributed by atoms with Gasteiger partial charge in [0.15, 0.2) is 0 Å². The summed E-state index contributed by atoms with van der Waals surface area (Å²) in [5, 5.41) is 6.84. The summed E-state index contributed by atoms with van der Waals surface area (Å²) in [6, 6.07) is 50.2. The molecule has 64 heavy (non-hydrogen) atoms. The average molecular weight is 814 g/mol. The zero-order valence-corrected chi connectivity index (χ0v) is 34.0. The molecule has 0 saturated carbocycles. The summed E-state index contributed by atoms with van der Waals surface area (Å²) in [7, 11) is 0. The second-order valence-corrected chi connectivity index (χ2v) is 15.0. The molecule has 0 aliphatic heterocycles. The summed E-state index contributed by atoms with van der Waals surface area (Å²) in [6.07, 6.45) is 10.6. The van der Waals surface area contributed by atoms with Crippen LogP contribution in [0.4, 0.5) is 0 Å². The van der Waals surface area contributed by atoms with Gasteiger partial charge in [0.2, 0.25) is 0 Å². The van der Waals surface area contributed by atoms with Crippen LogP contribution in [0.2, 0.25) is 0 Å². The Morgan fingerprint density at radius 1 is 0.281 bits per heavy atom. The molecular formula is C57H31N7. The van der Waals surface area contributed by atoms with Gasteiger partial charge in [-0.1, -0.05) is 90.1 Å². The van der Waals surface area contributed by atoms with Crippen molar-refractivity contribution in [2.75, 3.05) is 0 Å². The second kappa shape index (κ2) is 16.6. The molecule has 0 radical (unpaired) electrons. The van der Waals surface area contributed by atoms with Gasteiger partial charge in [-0.25, -0.2) is 4.98 Å². The van der Waals surface area contributed by atoms with E-state index in [1.54, 1.807) is 37.2 Å². The molecule has 4 aromatic carbocycles. The average Bonchev–Trinajstić information content (AvgIpc) is 3.37. The van der Waals surface area contributed by atoms with E-state index in [9.17, 15) is 0 Å². The highest BCUT2D eigenvalue weighted by Crippen LogP contribution is 2.37. The van der Waals surface area contributed by atoms with E-state index in [2.05, 4.69) is 109 Å². The van der Waals surface area contributed by atoms with Gasteiger partial charge in [-0.3, -0.25) is 29.9 Å². The molecule has 11 rings (SSSR count). The van der Waals surface area contributed by atoms with Gasteiger partial charge in [-0.05, 0) is 129 Å². The standard InChI is InChI=1S/C57H31N7/c1-4-30-58-48(7-1)51-27-14-38(35-61-51)10-11-39-15-28-52(62-36-39)53-29-16-40(37-63-53)12-17-42-19-21-44-24-26-47-43(20-22-45-23-25-46(42)56(44)57(45)47)18-13-41-33-54(49-8-2-5-31-59-49)64-55(34-41)50-9-3-6-32-60-50/h1-9,14-16,19-37H. The number of benzene rings is 4. The monoisotopic (exact) mass is 813 g/mol. The zero-order valence-electron chi connectivity index (χ0n) is 34.0. The zero-order chi connectivity index (χ0) is 42.7. The van der Waals surface area contributed by atoms with Crippen LogP contribution in [0, 0.1) is 35.5 Å². The molecule has 7 heteroatoms. The molecule has 0 saturated heterocycles. The van der Waals surface area contributed by atoms with Crippen molar-refractivity contribution in [1.29, 1.82) is 0 Å². The minimum Gasteiger partial charge on any atom is -0.255 e. The lowest BCUT2D eigenvalue weighted by Crippen LogP contribution is -1.94. The molecule has 7 nitrogen and oxygen atoms in total. The van der Waals surface area contributed by atoms with Gasteiger partial charge in [0.25, 0.3) is 0 Å². The van der Waals surface area contributed by atoms with Crippen LogP contribution in [0.25, 0.3) is 77.9 Å². The molecule has 0 aliphatic carbocycles. The minimum absolute atomic E-state index is 0.743. The fourth-order valence-corrected chi connectivity index (χ4v) is 7.71. The third kappa shape index (κ3) is 7.63. The van der Waals surface area contributed by atoms with E-state index in [0.29, 0.717) is 0 Å². The Hall–Kier alpha value is -9.35. The number of aromatic nitrogens is 7. The van der Waals surface area contributed by atoms with Crippen LogP contribution in [0.5, 0.6) is 0 Å². The lowest BCUT2D eigenvalue weighted by Gasteiger charge is -2.13. The minimum atomic E-state index is 0.743. The molecule has 0 atom stereocenters. The normalized spacial score (nSPS) is 10.8. The lowest BCUT2D eigenvalue weighted by molar-refractivity contribution is 1.21. The van der Waals surface area contributed by atoms with Gasteiger partial charge in [-0.2, -0.15) is 0 Å². The Morgan fingerprint density at radius 3 is 1.05 bits per heavy atom. The first-order valence-corrected chi connectivity index (χ1v) is 20.6. The Morgan fingerprint density at radius 2 is 0.656 bits per heavy atom. The first kappa shape index (κ1) is 37.6. The number of hydrogen-bond donors (Lipinski definition) is 0. The molecule has 0 N–H and O–H groups in total. The predicted octanol–water partition coefficient (Wildman–Crippen LogP) is 11.2. The summed E-state index contributed by atoms with van der Waals surface area (Å²) in [5.41, 5.74) is 11.3. The topological polar surface area (TPSA) is 90.2 Å². The quantitative estimate of drug-likeness (QED) is 0.129. The first-order chi connectivity index (χ1) is 31.7. The van der Waals surface area contributed by atoms with E-state index in [1.165, 1.54) is 10.8 Å².